The highest BCUT2D eigenvalue weighted by molar-refractivity contribution is 9.10. The summed E-state index contributed by atoms with van der Waals surface area (Å²) in [5.74, 6) is 0.913. The Kier molecular flexibility index (Phi) is 2.94. The number of hydrogen-bond acceptors (Lipinski definition) is 3. The zero-order valence-electron chi connectivity index (χ0n) is 9.10. The van der Waals surface area contributed by atoms with Crippen LogP contribution < -0.4 is 10.5 Å². The van der Waals surface area contributed by atoms with E-state index in [9.17, 15) is 0 Å². The third-order valence-corrected chi connectivity index (χ3v) is 4.96. The van der Waals surface area contributed by atoms with Crippen LogP contribution in [0.4, 0.5) is 0 Å². The molecule has 4 heteroatoms. The number of nitrogens with two attached hydrogens (primary N) is 1. The average Bonchev–Trinajstić information content (AvgIpc) is 2.75. The molecule has 2 atom stereocenters. The van der Waals surface area contributed by atoms with Crippen molar-refractivity contribution in [3.8, 4) is 5.75 Å². The van der Waals surface area contributed by atoms with Crippen LogP contribution in [0.2, 0.25) is 0 Å². The van der Waals surface area contributed by atoms with Gasteiger partial charge in [0.25, 0.3) is 0 Å². The van der Waals surface area contributed by atoms with Crippen LogP contribution in [-0.4, -0.2) is 0 Å². The van der Waals surface area contributed by atoms with Gasteiger partial charge in [0, 0.05) is 22.5 Å². The van der Waals surface area contributed by atoms with Gasteiger partial charge in [0.05, 0.1) is 4.88 Å². The van der Waals surface area contributed by atoms with Gasteiger partial charge in [-0.25, -0.2) is 0 Å². The van der Waals surface area contributed by atoms with Crippen molar-refractivity contribution >= 4 is 27.3 Å². The maximum absolute atomic E-state index is 6.20. The minimum Gasteiger partial charge on any atom is -0.484 e. The first kappa shape index (κ1) is 11.3. The summed E-state index contributed by atoms with van der Waals surface area (Å²) in [6, 6.07) is 10.1. The van der Waals surface area contributed by atoms with Gasteiger partial charge in [-0.15, -0.1) is 11.3 Å². The van der Waals surface area contributed by atoms with Gasteiger partial charge < -0.3 is 10.5 Å². The van der Waals surface area contributed by atoms with Crippen LogP contribution in [0.5, 0.6) is 5.75 Å². The average molecular weight is 310 g/mol. The molecule has 2 N–H and O–H groups in total. The molecule has 0 saturated carbocycles. The predicted octanol–water partition coefficient (Wildman–Crippen LogP) is 4.03. The van der Waals surface area contributed by atoms with Crippen molar-refractivity contribution in [2.75, 3.05) is 0 Å². The van der Waals surface area contributed by atoms with Crippen LogP contribution in [0.3, 0.4) is 0 Å². The summed E-state index contributed by atoms with van der Waals surface area (Å²) in [6.45, 7) is 0. The van der Waals surface area contributed by atoms with Gasteiger partial charge in [-0.3, -0.25) is 0 Å². The lowest BCUT2D eigenvalue weighted by molar-refractivity contribution is 0.164. The summed E-state index contributed by atoms with van der Waals surface area (Å²) in [7, 11) is 0. The molecule has 2 heterocycles. The van der Waals surface area contributed by atoms with Crippen LogP contribution in [0, 0.1) is 0 Å². The Balaban J connectivity index is 1.96. The third-order valence-electron chi connectivity index (χ3n) is 2.99. The molecule has 17 heavy (non-hydrogen) atoms. The molecule has 1 aromatic heterocycles. The molecule has 0 bridgehead atoms. The Bertz CT molecular complexity index is 540. The van der Waals surface area contributed by atoms with Crippen LogP contribution >= 0.6 is 27.3 Å². The SMILES string of the molecule is NC1CC(c2sccc2Br)Oc2ccccc21. The summed E-state index contributed by atoms with van der Waals surface area (Å²) >= 11 is 5.26. The van der Waals surface area contributed by atoms with E-state index in [0.29, 0.717) is 0 Å². The van der Waals surface area contributed by atoms with Crippen molar-refractivity contribution in [3.63, 3.8) is 0 Å². The molecule has 2 unspecified atom stereocenters. The number of hydrogen-bond donors (Lipinski definition) is 1. The van der Waals surface area contributed by atoms with E-state index in [1.54, 1.807) is 11.3 Å². The largest absolute Gasteiger partial charge is 0.484 e. The number of thiophene rings is 1. The minimum absolute atomic E-state index is 0.0546. The number of fused-ring (bicyclic) bond motifs is 1. The molecule has 0 aliphatic carbocycles. The fraction of sp³-hybridized carbons (Fsp3) is 0.231. The maximum atomic E-state index is 6.20. The standard InChI is InChI=1S/C13H12BrNOS/c14-9-5-6-17-13(9)12-7-10(15)8-3-1-2-4-11(8)16-12/h1-6,10,12H,7,15H2. The number of rotatable bonds is 1. The molecule has 0 radical (unpaired) electrons. The van der Waals surface area contributed by atoms with Crippen molar-refractivity contribution in [2.24, 2.45) is 5.73 Å². The summed E-state index contributed by atoms with van der Waals surface area (Å²) in [4.78, 5) is 1.22. The second-order valence-corrected chi connectivity index (χ2v) is 5.92. The van der Waals surface area contributed by atoms with Gasteiger partial charge in [0.15, 0.2) is 0 Å². The highest BCUT2D eigenvalue weighted by atomic mass is 79.9. The van der Waals surface area contributed by atoms with Crippen LogP contribution in [0.15, 0.2) is 40.2 Å². The molecular weight excluding hydrogens is 298 g/mol. The molecule has 1 aromatic carbocycles. The number of halogens is 1. The van der Waals surface area contributed by atoms with Crippen molar-refractivity contribution < 1.29 is 4.74 Å². The van der Waals surface area contributed by atoms with Gasteiger partial charge in [-0.1, -0.05) is 18.2 Å². The molecule has 0 fully saturated rings. The van der Waals surface area contributed by atoms with Gasteiger partial charge >= 0.3 is 0 Å². The smallest absolute Gasteiger partial charge is 0.136 e. The molecule has 2 nitrogen and oxygen atoms in total. The molecule has 2 aromatic rings. The maximum Gasteiger partial charge on any atom is 0.136 e. The number of ether oxygens (including phenoxy) is 1. The molecule has 0 saturated heterocycles. The van der Waals surface area contributed by atoms with Gasteiger partial charge in [-0.05, 0) is 33.4 Å². The van der Waals surface area contributed by atoms with Gasteiger partial charge in [0.2, 0.25) is 0 Å². The Morgan fingerprint density at radius 1 is 1.29 bits per heavy atom. The molecule has 1 aliphatic heterocycles. The first-order chi connectivity index (χ1) is 8.25. The second kappa shape index (κ2) is 4.44. The van der Waals surface area contributed by atoms with Gasteiger partial charge in [0.1, 0.15) is 11.9 Å². The summed E-state index contributed by atoms with van der Waals surface area (Å²) in [5, 5.41) is 2.06. The Morgan fingerprint density at radius 2 is 2.12 bits per heavy atom. The zero-order valence-corrected chi connectivity index (χ0v) is 11.5. The van der Waals surface area contributed by atoms with Gasteiger partial charge in [-0.2, -0.15) is 0 Å². The molecule has 0 amide bonds. The molecular formula is C13H12BrNOS. The predicted molar refractivity (Wildman–Crippen MR) is 73.4 cm³/mol. The lowest BCUT2D eigenvalue weighted by atomic mass is 9.97. The fourth-order valence-corrected chi connectivity index (χ4v) is 3.82. The summed E-state index contributed by atoms with van der Waals surface area (Å²) < 4.78 is 7.14. The molecule has 88 valence electrons. The topological polar surface area (TPSA) is 35.2 Å². The quantitative estimate of drug-likeness (QED) is 0.863. The molecule has 1 aliphatic rings. The molecule has 0 spiro atoms. The Labute approximate surface area is 113 Å². The van der Waals surface area contributed by atoms with E-state index in [4.69, 9.17) is 10.5 Å². The minimum atomic E-state index is 0.0546. The number of benzene rings is 1. The van der Waals surface area contributed by atoms with Crippen molar-refractivity contribution in [3.05, 3.63) is 50.6 Å². The van der Waals surface area contributed by atoms with Crippen molar-refractivity contribution in [1.82, 2.24) is 0 Å². The lowest BCUT2D eigenvalue weighted by Crippen LogP contribution is -2.23. The van der Waals surface area contributed by atoms with Crippen molar-refractivity contribution in [2.45, 2.75) is 18.6 Å². The van der Waals surface area contributed by atoms with Crippen LogP contribution in [-0.2, 0) is 0 Å². The first-order valence-electron chi connectivity index (χ1n) is 5.50. The second-order valence-electron chi connectivity index (χ2n) is 4.12. The van der Waals surface area contributed by atoms with E-state index < -0.39 is 0 Å². The van der Waals surface area contributed by atoms with E-state index in [0.717, 1.165) is 22.2 Å². The monoisotopic (exact) mass is 309 g/mol. The Morgan fingerprint density at radius 3 is 2.88 bits per heavy atom. The fourth-order valence-electron chi connectivity index (χ4n) is 2.15. The van der Waals surface area contributed by atoms with Crippen molar-refractivity contribution in [1.29, 1.82) is 0 Å². The van der Waals surface area contributed by atoms with E-state index in [2.05, 4.69) is 27.4 Å². The summed E-state index contributed by atoms with van der Waals surface area (Å²) in [6.07, 6.45) is 0.894. The van der Waals surface area contributed by atoms with Crippen LogP contribution in [0.1, 0.15) is 29.0 Å². The van der Waals surface area contributed by atoms with E-state index in [1.807, 2.05) is 24.3 Å². The zero-order chi connectivity index (χ0) is 11.8. The highest BCUT2D eigenvalue weighted by Gasteiger charge is 2.28. The first-order valence-corrected chi connectivity index (χ1v) is 7.17. The van der Waals surface area contributed by atoms with E-state index in [1.165, 1.54) is 4.88 Å². The third kappa shape index (κ3) is 2.01. The Hall–Kier alpha value is -0.840. The number of para-hydroxylation sites is 1. The van der Waals surface area contributed by atoms with Crippen LogP contribution in [0.25, 0.3) is 0 Å². The highest BCUT2D eigenvalue weighted by Crippen LogP contribution is 2.42. The summed E-state index contributed by atoms with van der Waals surface area (Å²) in [5.41, 5.74) is 7.31. The molecule has 3 rings (SSSR count). The van der Waals surface area contributed by atoms with E-state index >= 15 is 0 Å². The lowest BCUT2D eigenvalue weighted by Gasteiger charge is -2.29. The van der Waals surface area contributed by atoms with E-state index in [-0.39, 0.29) is 12.1 Å². The normalized spacial score (nSPS) is 22.9.